The summed E-state index contributed by atoms with van der Waals surface area (Å²) in [5.74, 6) is -1.98. The Kier molecular flexibility index (Phi) is 10.1. The van der Waals surface area contributed by atoms with E-state index in [4.69, 9.17) is 27.8 Å². The van der Waals surface area contributed by atoms with Crippen molar-refractivity contribution in [3.05, 3.63) is 152 Å². The number of benzene rings is 4. The number of ketones is 2. The molecular formula is C39H28O12. The lowest BCUT2D eigenvalue weighted by Crippen LogP contribution is -2.26. The van der Waals surface area contributed by atoms with Crippen molar-refractivity contribution in [1.82, 2.24) is 0 Å². The van der Waals surface area contributed by atoms with Crippen LogP contribution in [-0.2, 0) is 19.1 Å². The van der Waals surface area contributed by atoms with Gasteiger partial charge in [-0.15, -0.1) is 0 Å². The van der Waals surface area contributed by atoms with Gasteiger partial charge >= 0.3 is 23.2 Å². The van der Waals surface area contributed by atoms with Gasteiger partial charge in [0.15, 0.2) is 24.8 Å². The Bertz CT molecular complexity index is 2380. The Balaban J connectivity index is 0.955. The second-order valence-electron chi connectivity index (χ2n) is 11.2. The molecular weight excluding hydrogens is 660 g/mol. The van der Waals surface area contributed by atoms with Crippen molar-refractivity contribution in [3.8, 4) is 11.5 Å². The normalized spacial score (nSPS) is 11.5. The summed E-state index contributed by atoms with van der Waals surface area (Å²) in [6.07, 6.45) is -0.817. The Morgan fingerprint density at radius 3 is 1.51 bits per heavy atom. The Labute approximate surface area is 288 Å². The molecule has 6 aromatic rings. The first kappa shape index (κ1) is 34.1. The average Bonchev–Trinajstić information content (AvgIpc) is 3.14. The zero-order valence-corrected chi connectivity index (χ0v) is 27.0. The predicted molar refractivity (Wildman–Crippen MR) is 182 cm³/mol. The molecule has 0 spiro atoms. The maximum Gasteiger partial charge on any atom is 0.347 e. The van der Waals surface area contributed by atoms with Gasteiger partial charge < -0.3 is 27.8 Å². The molecule has 0 bridgehead atoms. The lowest BCUT2D eigenvalue weighted by molar-refractivity contribution is -0.160. The summed E-state index contributed by atoms with van der Waals surface area (Å²) in [6.45, 7) is 0.295. The van der Waals surface area contributed by atoms with E-state index in [0.29, 0.717) is 21.9 Å². The molecule has 1 unspecified atom stereocenters. The Morgan fingerprint density at radius 2 is 1.04 bits per heavy atom. The standard InChI is InChI=1S/C39H28O12/c1-23(49-35(41)22-47-29-15-13-27-17-31(39(45)51-33(27)19-29)37(43)25-10-6-3-7-11-25)20-48-34(40)21-46-28-14-12-26-16-30(38(44)50-32(26)18-28)36(42)24-8-4-2-5-9-24/h2-19,23H,20-22H2,1H3. The molecule has 256 valence electrons. The maximum absolute atomic E-state index is 12.7. The van der Waals surface area contributed by atoms with Gasteiger partial charge in [0.1, 0.15) is 46.5 Å². The largest absolute Gasteiger partial charge is 0.482 e. The maximum atomic E-state index is 12.7. The number of fused-ring (bicyclic) bond motifs is 2. The fourth-order valence-electron chi connectivity index (χ4n) is 5.00. The van der Waals surface area contributed by atoms with Gasteiger partial charge in [-0.1, -0.05) is 60.7 Å². The van der Waals surface area contributed by atoms with E-state index in [1.807, 2.05) is 0 Å². The van der Waals surface area contributed by atoms with Gasteiger partial charge in [-0.25, -0.2) is 19.2 Å². The molecule has 4 aromatic carbocycles. The second kappa shape index (κ2) is 15.2. The molecule has 0 aliphatic heterocycles. The van der Waals surface area contributed by atoms with Crippen LogP contribution in [0.2, 0.25) is 0 Å². The van der Waals surface area contributed by atoms with Crippen LogP contribution in [0.3, 0.4) is 0 Å². The van der Waals surface area contributed by atoms with Gasteiger partial charge in [0.25, 0.3) is 0 Å². The zero-order chi connectivity index (χ0) is 35.9. The number of rotatable bonds is 13. The fourth-order valence-corrected chi connectivity index (χ4v) is 5.00. The quantitative estimate of drug-likeness (QED) is 0.0875. The van der Waals surface area contributed by atoms with Crippen molar-refractivity contribution >= 4 is 45.4 Å². The summed E-state index contributed by atoms with van der Waals surface area (Å²) in [6, 6.07) is 28.7. The van der Waals surface area contributed by atoms with Crippen molar-refractivity contribution in [2.75, 3.05) is 19.8 Å². The summed E-state index contributed by atoms with van der Waals surface area (Å²) >= 11 is 0. The first-order valence-corrected chi connectivity index (χ1v) is 15.6. The van der Waals surface area contributed by atoms with Crippen LogP contribution in [0.5, 0.6) is 11.5 Å². The third-order valence-electron chi connectivity index (χ3n) is 7.50. The lowest BCUT2D eigenvalue weighted by atomic mass is 10.0. The zero-order valence-electron chi connectivity index (χ0n) is 27.0. The molecule has 0 radical (unpaired) electrons. The number of esters is 2. The first-order chi connectivity index (χ1) is 24.6. The molecule has 2 heterocycles. The van der Waals surface area contributed by atoms with E-state index in [1.165, 1.54) is 31.2 Å². The third-order valence-corrected chi connectivity index (χ3v) is 7.50. The van der Waals surface area contributed by atoms with Crippen LogP contribution in [0.4, 0.5) is 0 Å². The van der Waals surface area contributed by atoms with Crippen LogP contribution in [0, 0.1) is 0 Å². The van der Waals surface area contributed by atoms with Crippen LogP contribution in [0.15, 0.2) is 128 Å². The highest BCUT2D eigenvalue weighted by atomic mass is 16.6. The minimum Gasteiger partial charge on any atom is -0.482 e. The molecule has 12 nitrogen and oxygen atoms in total. The van der Waals surface area contributed by atoms with Crippen LogP contribution < -0.4 is 20.7 Å². The summed E-state index contributed by atoms with van der Waals surface area (Å²) in [4.78, 5) is 75.1. The molecule has 6 rings (SSSR count). The molecule has 0 saturated heterocycles. The van der Waals surface area contributed by atoms with E-state index in [2.05, 4.69) is 0 Å². The van der Waals surface area contributed by atoms with Crippen LogP contribution in [0.1, 0.15) is 38.8 Å². The Morgan fingerprint density at radius 1 is 0.588 bits per heavy atom. The molecule has 0 fully saturated rings. The van der Waals surface area contributed by atoms with Gasteiger partial charge in [-0.3, -0.25) is 9.59 Å². The van der Waals surface area contributed by atoms with E-state index in [1.54, 1.807) is 84.9 Å². The van der Waals surface area contributed by atoms with Crippen molar-refractivity contribution < 1.29 is 47.0 Å². The summed E-state index contributed by atoms with van der Waals surface area (Å²) in [7, 11) is 0. The lowest BCUT2D eigenvalue weighted by Gasteiger charge is -2.14. The number of carbonyl (C=O) groups is 4. The number of hydrogen-bond donors (Lipinski definition) is 0. The third kappa shape index (κ3) is 8.26. The van der Waals surface area contributed by atoms with E-state index in [9.17, 15) is 28.8 Å². The number of ether oxygens (including phenoxy) is 4. The minimum atomic E-state index is -0.817. The van der Waals surface area contributed by atoms with Gasteiger partial charge in [0.05, 0.1) is 0 Å². The summed E-state index contributed by atoms with van der Waals surface area (Å²) < 4.78 is 32.0. The van der Waals surface area contributed by atoms with Gasteiger partial charge in [0, 0.05) is 34.0 Å². The topological polar surface area (TPSA) is 166 Å². The molecule has 51 heavy (non-hydrogen) atoms. The fraction of sp³-hybridized carbons (Fsp3) is 0.128. The van der Waals surface area contributed by atoms with E-state index in [0.717, 1.165) is 0 Å². The highest BCUT2D eigenvalue weighted by molar-refractivity contribution is 6.10. The average molecular weight is 689 g/mol. The van der Waals surface area contributed by atoms with Crippen molar-refractivity contribution in [3.63, 3.8) is 0 Å². The highest BCUT2D eigenvalue weighted by Gasteiger charge is 2.18. The Hall–Kier alpha value is -6.82. The highest BCUT2D eigenvalue weighted by Crippen LogP contribution is 2.23. The molecule has 12 heteroatoms. The van der Waals surface area contributed by atoms with E-state index >= 15 is 0 Å². The number of hydrogen-bond acceptors (Lipinski definition) is 12. The molecule has 0 aliphatic carbocycles. The summed E-state index contributed by atoms with van der Waals surface area (Å²) in [5.41, 5.74) is -0.792. The van der Waals surface area contributed by atoms with E-state index < -0.39 is 54.1 Å². The summed E-state index contributed by atoms with van der Waals surface area (Å²) in [5, 5.41) is 0.975. The van der Waals surface area contributed by atoms with Crippen LogP contribution in [0.25, 0.3) is 21.9 Å². The van der Waals surface area contributed by atoms with Gasteiger partial charge in [-0.05, 0) is 43.3 Å². The predicted octanol–water partition coefficient (Wildman–Crippen LogP) is 5.29. The van der Waals surface area contributed by atoms with E-state index in [-0.39, 0.29) is 40.4 Å². The SMILES string of the molecule is CC(COC(=O)COc1ccc2cc(C(=O)c3ccccc3)c(=O)oc2c1)OC(=O)COc1ccc2cc(C(=O)c3ccccc3)c(=O)oc2c1. The molecule has 0 amide bonds. The van der Waals surface area contributed by atoms with Crippen molar-refractivity contribution in [2.24, 2.45) is 0 Å². The molecule has 0 saturated carbocycles. The van der Waals surface area contributed by atoms with Crippen molar-refractivity contribution in [2.45, 2.75) is 13.0 Å². The van der Waals surface area contributed by atoms with Crippen LogP contribution in [-0.4, -0.2) is 49.4 Å². The molecule has 0 N–H and O–H groups in total. The first-order valence-electron chi connectivity index (χ1n) is 15.6. The number of carbonyl (C=O) groups excluding carboxylic acids is 4. The van der Waals surface area contributed by atoms with Crippen molar-refractivity contribution in [1.29, 1.82) is 0 Å². The molecule has 2 aromatic heterocycles. The van der Waals surface area contributed by atoms with Crippen LogP contribution >= 0.6 is 0 Å². The minimum absolute atomic E-state index is 0.107. The van der Waals surface area contributed by atoms with Gasteiger partial charge in [0.2, 0.25) is 0 Å². The monoisotopic (exact) mass is 688 g/mol. The molecule has 0 aliphatic rings. The second-order valence-corrected chi connectivity index (χ2v) is 11.2. The van der Waals surface area contributed by atoms with Gasteiger partial charge in [-0.2, -0.15) is 0 Å². The smallest absolute Gasteiger partial charge is 0.347 e. The molecule has 1 atom stereocenters.